The van der Waals surface area contributed by atoms with Crippen molar-refractivity contribution in [3.05, 3.63) is 53.3 Å². The van der Waals surface area contributed by atoms with Crippen LogP contribution in [-0.2, 0) is 18.4 Å². The van der Waals surface area contributed by atoms with Crippen molar-refractivity contribution < 1.29 is 9.53 Å². The van der Waals surface area contributed by atoms with Crippen molar-refractivity contribution in [2.75, 3.05) is 45.2 Å². The van der Waals surface area contributed by atoms with Gasteiger partial charge < -0.3 is 19.5 Å². The molecule has 2 aromatic carbocycles. The van der Waals surface area contributed by atoms with Crippen LogP contribution < -0.4 is 10.1 Å². The molecule has 2 heterocycles. The number of anilines is 1. The maximum absolute atomic E-state index is 12.6. The molecule has 3 aromatic rings. The molecule has 0 unspecified atom stereocenters. The first kappa shape index (κ1) is 23.3. The molecule has 1 fully saturated rings. The van der Waals surface area contributed by atoms with Gasteiger partial charge in [-0.15, -0.1) is 0 Å². The van der Waals surface area contributed by atoms with Crippen LogP contribution in [0.4, 0.5) is 5.69 Å². The Balaban J connectivity index is 1.41. The predicted octanol–water partition coefficient (Wildman–Crippen LogP) is 3.77. The van der Waals surface area contributed by atoms with Gasteiger partial charge in [-0.25, -0.2) is 4.98 Å². The summed E-state index contributed by atoms with van der Waals surface area (Å²) >= 11 is 0. The third-order valence-corrected chi connectivity index (χ3v) is 6.37. The topological polar surface area (TPSA) is 62.6 Å². The summed E-state index contributed by atoms with van der Waals surface area (Å²) in [7, 11) is 4.22. The fourth-order valence-electron chi connectivity index (χ4n) is 4.26. The van der Waals surface area contributed by atoms with Gasteiger partial charge in [-0.3, -0.25) is 9.69 Å². The van der Waals surface area contributed by atoms with E-state index < -0.39 is 0 Å². The first-order valence-electron chi connectivity index (χ1n) is 11.7. The number of hydrogen-bond acceptors (Lipinski definition) is 5. The van der Waals surface area contributed by atoms with E-state index in [4.69, 9.17) is 9.72 Å². The minimum atomic E-state index is -0.181. The molecule has 0 atom stereocenters. The highest BCUT2D eigenvalue weighted by Gasteiger charge is 2.17. The van der Waals surface area contributed by atoms with Crippen molar-refractivity contribution in [1.82, 2.24) is 19.4 Å². The summed E-state index contributed by atoms with van der Waals surface area (Å²) in [6, 6.07) is 12.0. The van der Waals surface area contributed by atoms with Crippen LogP contribution in [0.5, 0.6) is 5.75 Å². The van der Waals surface area contributed by atoms with Crippen LogP contribution >= 0.6 is 0 Å². The fraction of sp³-hybridized carbons (Fsp3) is 0.462. The molecule has 33 heavy (non-hydrogen) atoms. The summed E-state index contributed by atoms with van der Waals surface area (Å²) in [5.74, 6) is 1.96. The minimum Gasteiger partial charge on any atom is -0.483 e. The Morgan fingerprint density at radius 3 is 2.58 bits per heavy atom. The Hall–Kier alpha value is -2.90. The molecule has 7 heteroatoms. The highest BCUT2D eigenvalue weighted by molar-refractivity contribution is 5.94. The number of nitrogens with zero attached hydrogens (tertiary/aromatic N) is 4. The van der Waals surface area contributed by atoms with E-state index in [1.165, 1.54) is 0 Å². The van der Waals surface area contributed by atoms with Gasteiger partial charge in [0.05, 0.1) is 17.6 Å². The number of aryl methyl sites for hydroxylation is 2. The third-order valence-electron chi connectivity index (χ3n) is 6.37. The molecule has 1 aromatic heterocycles. The number of carbonyl (C=O) groups excluding carboxylic acids is 1. The Labute approximate surface area is 196 Å². The number of carbonyl (C=O) groups is 1. The van der Waals surface area contributed by atoms with Crippen LogP contribution in [0.2, 0.25) is 0 Å². The summed E-state index contributed by atoms with van der Waals surface area (Å²) in [6.07, 6.45) is 0. The normalized spacial score (nSPS) is 15.3. The van der Waals surface area contributed by atoms with Gasteiger partial charge in [0, 0.05) is 38.9 Å². The molecule has 0 saturated carbocycles. The van der Waals surface area contributed by atoms with E-state index in [2.05, 4.69) is 59.8 Å². The van der Waals surface area contributed by atoms with Crippen LogP contribution in [0, 0.1) is 6.92 Å². The number of benzene rings is 2. The molecule has 0 spiro atoms. The van der Waals surface area contributed by atoms with E-state index in [9.17, 15) is 4.79 Å². The smallest absolute Gasteiger partial charge is 0.262 e. The number of nitrogens with one attached hydrogen (secondary N) is 1. The SMILES string of the molecule is Cc1ccc(C(C)C)c(OCC(=O)Nc2ccc3c(c2)nc(CN2CCN(C)CC2)n3C)c1. The molecule has 176 valence electrons. The molecule has 0 aliphatic carbocycles. The number of aromatic nitrogens is 2. The maximum Gasteiger partial charge on any atom is 0.262 e. The lowest BCUT2D eigenvalue weighted by atomic mass is 10.0. The van der Waals surface area contributed by atoms with Gasteiger partial charge in [-0.1, -0.05) is 26.0 Å². The quantitative estimate of drug-likeness (QED) is 0.595. The van der Waals surface area contributed by atoms with Crippen molar-refractivity contribution in [1.29, 1.82) is 0 Å². The summed E-state index contributed by atoms with van der Waals surface area (Å²) in [5.41, 5.74) is 4.91. The van der Waals surface area contributed by atoms with Crippen molar-refractivity contribution in [2.45, 2.75) is 33.2 Å². The Morgan fingerprint density at radius 2 is 1.85 bits per heavy atom. The Kier molecular flexibility index (Phi) is 7.00. The van der Waals surface area contributed by atoms with Crippen molar-refractivity contribution >= 4 is 22.6 Å². The van der Waals surface area contributed by atoms with E-state index in [1.807, 2.05) is 31.2 Å². The van der Waals surface area contributed by atoms with Crippen LogP contribution in [0.3, 0.4) is 0 Å². The summed E-state index contributed by atoms with van der Waals surface area (Å²) in [4.78, 5) is 22.2. The van der Waals surface area contributed by atoms with Gasteiger partial charge >= 0.3 is 0 Å². The number of amides is 1. The highest BCUT2D eigenvalue weighted by atomic mass is 16.5. The highest BCUT2D eigenvalue weighted by Crippen LogP contribution is 2.27. The zero-order valence-corrected chi connectivity index (χ0v) is 20.4. The van der Waals surface area contributed by atoms with Gasteiger partial charge in [-0.2, -0.15) is 0 Å². The van der Waals surface area contributed by atoms with Crippen LogP contribution in [-0.4, -0.2) is 65.1 Å². The lowest BCUT2D eigenvalue weighted by molar-refractivity contribution is -0.118. The van der Waals surface area contributed by atoms with Crippen molar-refractivity contribution in [3.8, 4) is 5.75 Å². The van der Waals surface area contributed by atoms with Gasteiger partial charge in [0.15, 0.2) is 6.61 Å². The van der Waals surface area contributed by atoms with Gasteiger partial charge in [0.2, 0.25) is 0 Å². The number of ether oxygens (including phenoxy) is 1. The second-order valence-corrected chi connectivity index (χ2v) is 9.40. The zero-order valence-electron chi connectivity index (χ0n) is 20.4. The van der Waals surface area contributed by atoms with Crippen LogP contribution in [0.25, 0.3) is 11.0 Å². The van der Waals surface area contributed by atoms with E-state index in [0.717, 1.165) is 72.1 Å². The summed E-state index contributed by atoms with van der Waals surface area (Å²) in [6.45, 7) is 11.4. The van der Waals surface area contributed by atoms with Crippen molar-refractivity contribution in [2.24, 2.45) is 7.05 Å². The number of fused-ring (bicyclic) bond motifs is 1. The van der Waals surface area contributed by atoms with Gasteiger partial charge in [0.25, 0.3) is 5.91 Å². The third kappa shape index (κ3) is 5.54. The summed E-state index contributed by atoms with van der Waals surface area (Å²) in [5, 5.41) is 2.95. The van der Waals surface area contributed by atoms with E-state index in [0.29, 0.717) is 5.92 Å². The largest absolute Gasteiger partial charge is 0.483 e. The van der Waals surface area contributed by atoms with E-state index in [-0.39, 0.29) is 12.5 Å². The molecule has 1 amide bonds. The second-order valence-electron chi connectivity index (χ2n) is 9.40. The number of hydrogen-bond donors (Lipinski definition) is 1. The average molecular weight is 450 g/mol. The van der Waals surface area contributed by atoms with E-state index >= 15 is 0 Å². The summed E-state index contributed by atoms with van der Waals surface area (Å²) < 4.78 is 8.02. The molecular weight excluding hydrogens is 414 g/mol. The average Bonchev–Trinajstić information content (AvgIpc) is 3.08. The molecule has 7 nitrogen and oxygen atoms in total. The van der Waals surface area contributed by atoms with Gasteiger partial charge in [-0.05, 0) is 55.3 Å². The number of piperazine rings is 1. The molecule has 1 saturated heterocycles. The van der Waals surface area contributed by atoms with E-state index in [1.54, 1.807) is 0 Å². The number of imidazole rings is 1. The maximum atomic E-state index is 12.6. The zero-order chi connectivity index (χ0) is 23.5. The van der Waals surface area contributed by atoms with Crippen LogP contribution in [0.1, 0.15) is 36.7 Å². The molecule has 1 aliphatic heterocycles. The fourth-order valence-corrected chi connectivity index (χ4v) is 4.26. The molecule has 0 radical (unpaired) electrons. The molecule has 4 rings (SSSR count). The lowest BCUT2D eigenvalue weighted by Crippen LogP contribution is -2.44. The van der Waals surface area contributed by atoms with Crippen LogP contribution in [0.15, 0.2) is 36.4 Å². The Morgan fingerprint density at radius 1 is 1.09 bits per heavy atom. The lowest BCUT2D eigenvalue weighted by Gasteiger charge is -2.31. The Bertz CT molecular complexity index is 1130. The molecule has 0 bridgehead atoms. The first-order valence-corrected chi connectivity index (χ1v) is 11.7. The first-order chi connectivity index (χ1) is 15.8. The van der Waals surface area contributed by atoms with Crippen molar-refractivity contribution in [3.63, 3.8) is 0 Å². The molecule has 1 aliphatic rings. The predicted molar refractivity (Wildman–Crippen MR) is 133 cm³/mol. The number of rotatable bonds is 7. The molecule has 1 N–H and O–H groups in total. The second kappa shape index (κ2) is 9.93. The monoisotopic (exact) mass is 449 g/mol. The minimum absolute atomic E-state index is 0.0297. The molecular formula is C26H35N5O2. The van der Waals surface area contributed by atoms with Gasteiger partial charge in [0.1, 0.15) is 11.6 Å². The standard InChI is InChI=1S/C26H35N5O2/c1-18(2)21-8-6-19(3)14-24(21)33-17-26(32)27-20-7-9-23-22(15-20)28-25(30(23)5)16-31-12-10-29(4)11-13-31/h6-9,14-15,18H,10-13,16-17H2,1-5H3,(H,27,32). The number of likely N-dealkylation sites (N-methyl/N-ethyl adjacent to an activating group) is 1.